The van der Waals surface area contributed by atoms with Crippen molar-refractivity contribution in [1.82, 2.24) is 62.8 Å². The van der Waals surface area contributed by atoms with Gasteiger partial charge in [0, 0.05) is 54.8 Å². The van der Waals surface area contributed by atoms with Gasteiger partial charge in [-0.3, -0.25) is 62.5 Å². The van der Waals surface area contributed by atoms with Crippen molar-refractivity contribution in [2.75, 3.05) is 13.1 Å². The Morgan fingerprint density at radius 2 is 1.13 bits per heavy atom. The molecule has 2 aromatic heterocycles. The molecule has 0 unspecified atom stereocenters. The number of fused-ring (bicyclic) bond motifs is 1. The van der Waals surface area contributed by atoms with Gasteiger partial charge in [0.15, 0.2) is 5.96 Å². The fourth-order valence-corrected chi connectivity index (χ4v) is 8.95. The number of imidazole rings is 1. The Bertz CT molecular complexity index is 3010. The predicted molar refractivity (Wildman–Crippen MR) is 321 cm³/mol. The number of aliphatic imine (C=N–C) groups is 1. The number of guanidine groups is 1. The van der Waals surface area contributed by atoms with Gasteiger partial charge in [0.1, 0.15) is 54.4 Å². The van der Waals surface area contributed by atoms with E-state index in [0.717, 1.165) is 6.92 Å². The van der Waals surface area contributed by atoms with Gasteiger partial charge in [0.2, 0.25) is 65.0 Å². The molecule has 0 aliphatic heterocycles. The zero-order valence-corrected chi connectivity index (χ0v) is 50.4. The Hall–Kier alpha value is -9.77. The first-order valence-corrected chi connectivity index (χ1v) is 28.9. The summed E-state index contributed by atoms with van der Waals surface area (Å²) >= 11 is 0. The lowest BCUT2D eigenvalue weighted by atomic mass is 9.98. The van der Waals surface area contributed by atoms with Gasteiger partial charge in [-0.25, -0.2) is 9.78 Å². The van der Waals surface area contributed by atoms with E-state index in [-0.39, 0.29) is 50.3 Å². The van der Waals surface area contributed by atoms with Crippen molar-refractivity contribution in [1.29, 1.82) is 0 Å². The van der Waals surface area contributed by atoms with Gasteiger partial charge in [-0.15, -0.1) is 0 Å². The first kappa shape index (κ1) is 74.5. The molecule has 11 amide bonds. The summed E-state index contributed by atoms with van der Waals surface area (Å²) in [4.78, 5) is 187. The largest absolute Gasteiger partial charge is 0.481 e. The van der Waals surface area contributed by atoms with Crippen molar-refractivity contribution < 1.29 is 77.6 Å². The molecule has 0 aliphatic rings. The number of aromatic nitrogens is 3. The molecule has 35 nitrogen and oxygen atoms in total. The minimum Gasteiger partial charge on any atom is -0.481 e. The van der Waals surface area contributed by atoms with Crippen LogP contribution in [-0.2, 0) is 75.2 Å². The Morgan fingerprint density at radius 3 is 1.72 bits per heavy atom. The second-order valence-corrected chi connectivity index (χ2v) is 21.5. The van der Waals surface area contributed by atoms with Crippen molar-refractivity contribution in [3.05, 3.63) is 54.2 Å². The second-order valence-electron chi connectivity index (χ2n) is 21.5. The Kier molecular flexibility index (Phi) is 30.8. The number of primary amides is 2. The lowest BCUT2D eigenvalue weighted by Gasteiger charge is -2.28. The Balaban J connectivity index is 1.92. The average Bonchev–Trinajstić information content (AvgIpc) is 1.85. The minimum absolute atomic E-state index is 0.00797. The monoisotopic (exact) mass is 1270 g/mol. The van der Waals surface area contributed by atoms with Gasteiger partial charge in [0.05, 0.1) is 31.3 Å². The number of hydrogen-bond acceptors (Lipinski definition) is 18. The van der Waals surface area contributed by atoms with Crippen LogP contribution < -0.4 is 82.3 Å². The van der Waals surface area contributed by atoms with Crippen LogP contribution in [0.5, 0.6) is 0 Å². The van der Waals surface area contributed by atoms with Gasteiger partial charge in [-0.2, -0.15) is 0 Å². The normalized spacial score (nSPS) is 15.1. The number of carboxylic acid groups (broad SMARTS) is 2. The summed E-state index contributed by atoms with van der Waals surface area (Å²) in [5, 5.41) is 52.5. The zero-order valence-electron chi connectivity index (χ0n) is 50.4. The highest BCUT2D eigenvalue weighted by atomic mass is 16.4. The number of carbonyl (C=O) groups is 13. The van der Waals surface area contributed by atoms with E-state index in [1.807, 2.05) is 0 Å². The highest BCUT2D eigenvalue weighted by Gasteiger charge is 2.38. The predicted octanol–water partition coefficient (Wildman–Crippen LogP) is -6.30. The van der Waals surface area contributed by atoms with Crippen LogP contribution in [0.1, 0.15) is 103 Å². The number of aliphatic carboxylic acids is 2. The standard InChI is InChI=1S/C55H85N19O16/c1-5-26(2)43(54(89)90)73-52(87)39(22-42(78)79)72-49(84)37(20-30-24-62-25-65-30)71-48(83)34(14-10-18-63-55(60)61)67-45(80)27(3)66-47(82)35(15-16-40(58)76)68-53(88)44(28(4)75)74-51(86)36(19-29-23-64-33-13-7-6-11-31(29)33)70-50(85)38(21-41(59)77)69-46(81)32(57)12-8-9-17-56/h6-7,11,13,23-28,32,34-39,43-44,64,75H,5,8-10,12,14-22,56-57H2,1-4H3,(H2,58,76)(H2,59,77)(H,62,65)(H,66,82)(H,67,80)(H,68,88)(H,69,81)(H,70,85)(H,71,83)(H,72,84)(H,73,87)(H,74,86)(H,78,79)(H,89,90)(H4,60,61,63)/t26-,27-,28+,32-,34-,35-,36-,37-,38-,39-,43-,44-/m0/s1. The summed E-state index contributed by atoms with van der Waals surface area (Å²) in [5.41, 5.74) is 34.8. The quantitative estimate of drug-likeness (QED) is 0.0143. The Morgan fingerprint density at radius 1 is 0.589 bits per heavy atom. The molecule has 1 aromatic carbocycles. The van der Waals surface area contributed by atoms with E-state index < -0.39 is 175 Å². The fraction of sp³-hybridized carbons (Fsp3) is 0.545. The van der Waals surface area contributed by atoms with Crippen molar-refractivity contribution in [2.45, 2.75) is 171 Å². The van der Waals surface area contributed by atoms with E-state index >= 15 is 0 Å². The van der Waals surface area contributed by atoms with Crippen molar-refractivity contribution in [2.24, 2.45) is 45.3 Å². The third-order valence-electron chi connectivity index (χ3n) is 14.2. The summed E-state index contributed by atoms with van der Waals surface area (Å²) in [6.07, 6.45) is 0.164. The lowest BCUT2D eigenvalue weighted by Crippen LogP contribution is -2.62. The van der Waals surface area contributed by atoms with E-state index in [0.29, 0.717) is 42.3 Å². The summed E-state index contributed by atoms with van der Waals surface area (Å²) in [5.74, 6) is -15.5. The first-order chi connectivity index (χ1) is 42.5. The molecule has 496 valence electrons. The number of nitrogens with zero attached hydrogens (tertiary/aromatic N) is 2. The van der Waals surface area contributed by atoms with Gasteiger partial charge in [-0.1, -0.05) is 44.9 Å². The third-order valence-corrected chi connectivity index (χ3v) is 14.2. The highest BCUT2D eigenvalue weighted by Crippen LogP contribution is 2.20. The summed E-state index contributed by atoms with van der Waals surface area (Å²) in [7, 11) is 0. The molecule has 3 aromatic rings. The van der Waals surface area contributed by atoms with Gasteiger partial charge in [-0.05, 0) is 70.0 Å². The molecular formula is C55H85N19O16. The molecule has 0 aliphatic carbocycles. The van der Waals surface area contributed by atoms with Gasteiger partial charge in [0.25, 0.3) is 0 Å². The average molecular weight is 1270 g/mol. The number of amides is 11. The molecule has 26 N–H and O–H groups in total. The molecule has 90 heavy (non-hydrogen) atoms. The number of rotatable bonds is 41. The van der Waals surface area contributed by atoms with E-state index in [1.165, 1.54) is 26.4 Å². The molecule has 0 bridgehead atoms. The van der Waals surface area contributed by atoms with Crippen LogP contribution in [0.3, 0.4) is 0 Å². The van der Waals surface area contributed by atoms with E-state index in [4.69, 9.17) is 34.4 Å². The van der Waals surface area contributed by atoms with Crippen molar-refractivity contribution >= 4 is 93.8 Å². The summed E-state index contributed by atoms with van der Waals surface area (Å²) < 4.78 is 0. The number of aliphatic hydroxyl groups excluding tert-OH is 1. The lowest BCUT2D eigenvalue weighted by molar-refractivity contribution is -0.145. The number of nitrogens with two attached hydrogens (primary N) is 6. The third kappa shape index (κ3) is 25.1. The molecule has 2 heterocycles. The summed E-state index contributed by atoms with van der Waals surface area (Å²) in [6.45, 7) is 5.73. The van der Waals surface area contributed by atoms with Crippen molar-refractivity contribution in [3.8, 4) is 0 Å². The Labute approximate surface area is 516 Å². The number of H-pyrrole nitrogens is 2. The smallest absolute Gasteiger partial charge is 0.326 e. The number of carbonyl (C=O) groups excluding carboxylic acids is 11. The number of aromatic amines is 2. The maximum atomic E-state index is 14.4. The number of hydrogen-bond donors (Lipinski definition) is 20. The molecule has 0 spiro atoms. The second kappa shape index (κ2) is 37.2. The van der Waals surface area contributed by atoms with E-state index in [2.05, 4.69) is 67.8 Å². The van der Waals surface area contributed by atoms with Crippen LogP contribution in [0.15, 0.2) is 48.0 Å². The molecule has 0 saturated heterocycles. The highest BCUT2D eigenvalue weighted by molar-refractivity contribution is 6.00. The van der Waals surface area contributed by atoms with Crippen molar-refractivity contribution in [3.63, 3.8) is 0 Å². The van der Waals surface area contributed by atoms with Crippen LogP contribution in [0.4, 0.5) is 0 Å². The van der Waals surface area contributed by atoms with E-state index in [1.54, 1.807) is 37.4 Å². The van der Waals surface area contributed by atoms with Crippen LogP contribution >= 0.6 is 0 Å². The molecule has 35 heteroatoms. The number of carboxylic acids is 2. The maximum absolute atomic E-state index is 14.4. The molecule has 12 atom stereocenters. The zero-order chi connectivity index (χ0) is 67.4. The molecule has 0 saturated carbocycles. The fourth-order valence-electron chi connectivity index (χ4n) is 8.95. The molecule has 3 rings (SSSR count). The molecular weight excluding hydrogens is 1180 g/mol. The summed E-state index contributed by atoms with van der Waals surface area (Å²) in [6, 6.07) is -9.26. The topological polar surface area (TPSA) is 604 Å². The van der Waals surface area contributed by atoms with Gasteiger partial charge >= 0.3 is 11.9 Å². The molecule has 0 fully saturated rings. The van der Waals surface area contributed by atoms with Crippen LogP contribution in [0, 0.1) is 5.92 Å². The number of aliphatic hydroxyl groups is 1. The number of nitrogens with one attached hydrogen (secondary N) is 11. The number of unbranched alkanes of at least 4 members (excludes halogenated alkanes) is 1. The first-order valence-electron chi connectivity index (χ1n) is 28.9. The maximum Gasteiger partial charge on any atom is 0.326 e. The molecule has 0 radical (unpaired) electrons. The van der Waals surface area contributed by atoms with Crippen LogP contribution in [0.2, 0.25) is 0 Å². The SMILES string of the molecule is CC[C@H](C)[C@H](NC(=O)[C@H](CC(=O)O)NC(=O)[C@H](Cc1cnc[nH]1)NC(=O)[C@H](CCCN=C(N)N)NC(=O)[C@H](C)NC(=O)[C@H](CCC(N)=O)NC(=O)[C@@H](NC(=O)[C@H](Cc1c[nH]c2ccccc12)NC(=O)[C@H](CC(N)=O)NC(=O)[C@@H](N)CCCCN)[C@@H](C)O)C(=O)O. The van der Waals surface area contributed by atoms with Crippen LogP contribution in [-0.4, -0.2) is 193 Å². The van der Waals surface area contributed by atoms with Crippen LogP contribution in [0.25, 0.3) is 10.9 Å². The van der Waals surface area contributed by atoms with E-state index in [9.17, 15) is 77.6 Å². The number of benzene rings is 1. The minimum atomic E-state index is -1.92. The van der Waals surface area contributed by atoms with Gasteiger partial charge < -0.3 is 108 Å². The number of para-hydroxylation sites is 1.